The number of halogens is 4. The molecule has 1 aromatic rings. The Morgan fingerprint density at radius 3 is 2.33 bits per heavy atom. The Balaban J connectivity index is 3.17. The van der Waals surface area contributed by atoms with Gasteiger partial charge in [0.15, 0.2) is 0 Å². The molecule has 2 N–H and O–H groups in total. The van der Waals surface area contributed by atoms with Gasteiger partial charge in [0.2, 0.25) is 0 Å². The van der Waals surface area contributed by atoms with Gasteiger partial charge in [0.05, 0.1) is 5.56 Å². The van der Waals surface area contributed by atoms with Crippen molar-refractivity contribution in [3.05, 3.63) is 35.1 Å². The van der Waals surface area contributed by atoms with Crippen molar-refractivity contribution in [2.45, 2.75) is 25.6 Å². The van der Waals surface area contributed by atoms with Gasteiger partial charge in [0.1, 0.15) is 5.82 Å². The van der Waals surface area contributed by atoms with Crippen LogP contribution in [0, 0.1) is 5.82 Å². The molecule has 0 bridgehead atoms. The highest BCUT2D eigenvalue weighted by Crippen LogP contribution is 2.31. The van der Waals surface area contributed by atoms with Gasteiger partial charge in [-0.2, -0.15) is 13.2 Å². The van der Waals surface area contributed by atoms with Gasteiger partial charge >= 0.3 is 6.18 Å². The fourth-order valence-electron chi connectivity index (χ4n) is 1.23. The fraction of sp³-hybridized carbons (Fsp3) is 0.400. The summed E-state index contributed by atoms with van der Waals surface area (Å²) < 4.78 is 49.8. The molecule has 0 saturated heterocycles. The van der Waals surface area contributed by atoms with Gasteiger partial charge in [0.25, 0.3) is 0 Å². The molecular formula is C10H11F4N. The highest BCUT2D eigenvalue weighted by Gasteiger charge is 2.31. The monoisotopic (exact) mass is 221 g/mol. The summed E-state index contributed by atoms with van der Waals surface area (Å²) in [7, 11) is 0. The lowest BCUT2D eigenvalue weighted by Crippen LogP contribution is -2.12. The summed E-state index contributed by atoms with van der Waals surface area (Å²) in [6, 6.07) is 1.81. The van der Waals surface area contributed by atoms with E-state index in [4.69, 9.17) is 5.73 Å². The predicted molar refractivity (Wildman–Crippen MR) is 48.6 cm³/mol. The minimum atomic E-state index is -4.54. The maximum atomic E-state index is 12.9. The maximum absolute atomic E-state index is 12.9. The molecule has 0 amide bonds. The summed E-state index contributed by atoms with van der Waals surface area (Å²) in [6.07, 6.45) is -4.08. The average molecular weight is 221 g/mol. The molecule has 1 nitrogen and oxygen atoms in total. The van der Waals surface area contributed by atoms with Crippen LogP contribution in [0.3, 0.4) is 0 Å². The van der Waals surface area contributed by atoms with E-state index in [9.17, 15) is 17.6 Å². The summed E-state index contributed by atoms with van der Waals surface area (Å²) in [5.41, 5.74) is 4.71. The molecule has 0 spiro atoms. The van der Waals surface area contributed by atoms with Crippen LogP contribution in [-0.4, -0.2) is 0 Å². The third kappa shape index (κ3) is 2.92. The molecule has 0 aliphatic rings. The average Bonchev–Trinajstić information content (AvgIpc) is 2.14. The number of benzene rings is 1. The summed E-state index contributed by atoms with van der Waals surface area (Å²) in [5.74, 6) is -0.913. The Morgan fingerprint density at radius 2 is 1.87 bits per heavy atom. The van der Waals surface area contributed by atoms with Gasteiger partial charge < -0.3 is 5.73 Å². The molecule has 0 unspecified atom stereocenters. The zero-order valence-corrected chi connectivity index (χ0v) is 8.11. The zero-order chi connectivity index (χ0) is 11.6. The summed E-state index contributed by atoms with van der Waals surface area (Å²) >= 11 is 0. The third-order valence-electron chi connectivity index (χ3n) is 2.12. The van der Waals surface area contributed by atoms with Crippen LogP contribution in [-0.2, 0) is 6.18 Å². The van der Waals surface area contributed by atoms with Crippen LogP contribution < -0.4 is 5.73 Å². The van der Waals surface area contributed by atoms with Crippen LogP contribution in [0.5, 0.6) is 0 Å². The molecular weight excluding hydrogens is 210 g/mol. The van der Waals surface area contributed by atoms with E-state index in [1.54, 1.807) is 6.92 Å². The van der Waals surface area contributed by atoms with Crippen molar-refractivity contribution in [3.63, 3.8) is 0 Å². The normalized spacial score (nSPS) is 14.0. The SMILES string of the molecule is CC[C@H](N)c1cc(F)cc(C(F)(F)F)c1. The molecule has 5 heteroatoms. The fourth-order valence-corrected chi connectivity index (χ4v) is 1.23. The van der Waals surface area contributed by atoms with E-state index in [1.807, 2.05) is 0 Å². The molecule has 1 aromatic carbocycles. The zero-order valence-electron chi connectivity index (χ0n) is 8.11. The lowest BCUT2D eigenvalue weighted by atomic mass is 10.0. The first-order valence-electron chi connectivity index (χ1n) is 4.48. The Morgan fingerprint density at radius 1 is 1.27 bits per heavy atom. The molecule has 0 aliphatic heterocycles. The first kappa shape index (κ1) is 12.0. The van der Waals surface area contributed by atoms with Gasteiger partial charge in [-0.25, -0.2) is 4.39 Å². The van der Waals surface area contributed by atoms with Crippen LogP contribution in [0.15, 0.2) is 18.2 Å². The van der Waals surface area contributed by atoms with E-state index in [-0.39, 0.29) is 5.56 Å². The molecule has 0 aromatic heterocycles. The van der Waals surface area contributed by atoms with Crippen LogP contribution in [0.1, 0.15) is 30.5 Å². The van der Waals surface area contributed by atoms with Gasteiger partial charge in [-0.1, -0.05) is 6.92 Å². The van der Waals surface area contributed by atoms with E-state index in [2.05, 4.69) is 0 Å². The second kappa shape index (κ2) is 4.18. The Labute approximate surface area is 84.9 Å². The van der Waals surface area contributed by atoms with Crippen molar-refractivity contribution in [2.24, 2.45) is 5.73 Å². The minimum Gasteiger partial charge on any atom is -0.324 e. The smallest absolute Gasteiger partial charge is 0.324 e. The Bertz CT molecular complexity index is 346. The lowest BCUT2D eigenvalue weighted by molar-refractivity contribution is -0.137. The van der Waals surface area contributed by atoms with E-state index < -0.39 is 23.6 Å². The molecule has 1 rings (SSSR count). The van der Waals surface area contributed by atoms with Crippen LogP contribution in [0.4, 0.5) is 17.6 Å². The second-order valence-corrected chi connectivity index (χ2v) is 3.29. The summed E-state index contributed by atoms with van der Waals surface area (Å²) in [4.78, 5) is 0. The molecule has 1 atom stereocenters. The Kier molecular flexibility index (Phi) is 3.34. The minimum absolute atomic E-state index is 0.171. The molecule has 0 heterocycles. The Hall–Kier alpha value is -1.10. The highest BCUT2D eigenvalue weighted by molar-refractivity contribution is 5.28. The number of rotatable bonds is 2. The number of hydrogen-bond donors (Lipinski definition) is 1. The van der Waals surface area contributed by atoms with E-state index in [0.717, 1.165) is 12.1 Å². The first-order chi connectivity index (χ1) is 6.84. The van der Waals surface area contributed by atoms with Gasteiger partial charge in [-0.15, -0.1) is 0 Å². The van der Waals surface area contributed by atoms with E-state index >= 15 is 0 Å². The second-order valence-electron chi connectivity index (χ2n) is 3.29. The number of hydrogen-bond acceptors (Lipinski definition) is 1. The van der Waals surface area contributed by atoms with Crippen molar-refractivity contribution in [3.8, 4) is 0 Å². The van der Waals surface area contributed by atoms with Crippen molar-refractivity contribution >= 4 is 0 Å². The lowest BCUT2D eigenvalue weighted by Gasteiger charge is -2.13. The molecule has 84 valence electrons. The summed E-state index contributed by atoms with van der Waals surface area (Å²) in [6.45, 7) is 1.73. The first-order valence-corrected chi connectivity index (χ1v) is 4.48. The predicted octanol–water partition coefficient (Wildman–Crippen LogP) is 3.25. The maximum Gasteiger partial charge on any atom is 0.416 e. The van der Waals surface area contributed by atoms with Gasteiger partial charge in [-0.3, -0.25) is 0 Å². The molecule has 0 aliphatic carbocycles. The number of nitrogens with two attached hydrogens (primary N) is 1. The topological polar surface area (TPSA) is 26.0 Å². The van der Waals surface area contributed by atoms with E-state index in [0.29, 0.717) is 12.5 Å². The number of alkyl halides is 3. The van der Waals surface area contributed by atoms with Crippen LogP contribution in [0.25, 0.3) is 0 Å². The van der Waals surface area contributed by atoms with Crippen molar-refractivity contribution in [2.75, 3.05) is 0 Å². The largest absolute Gasteiger partial charge is 0.416 e. The van der Waals surface area contributed by atoms with Gasteiger partial charge in [0, 0.05) is 6.04 Å². The third-order valence-corrected chi connectivity index (χ3v) is 2.12. The van der Waals surface area contributed by atoms with Gasteiger partial charge in [-0.05, 0) is 30.2 Å². The van der Waals surface area contributed by atoms with E-state index in [1.165, 1.54) is 0 Å². The van der Waals surface area contributed by atoms with Crippen molar-refractivity contribution < 1.29 is 17.6 Å². The molecule has 15 heavy (non-hydrogen) atoms. The van der Waals surface area contributed by atoms with Crippen molar-refractivity contribution in [1.29, 1.82) is 0 Å². The van der Waals surface area contributed by atoms with Crippen molar-refractivity contribution in [1.82, 2.24) is 0 Å². The molecule has 0 fully saturated rings. The standard InChI is InChI=1S/C10H11F4N/c1-2-9(15)6-3-7(10(12,13)14)5-8(11)4-6/h3-5,9H,2,15H2,1H3/t9-/m0/s1. The van der Waals surface area contributed by atoms with Crippen LogP contribution in [0.2, 0.25) is 0 Å². The highest BCUT2D eigenvalue weighted by atomic mass is 19.4. The van der Waals surface area contributed by atoms with Crippen LogP contribution >= 0.6 is 0 Å². The molecule has 0 saturated carbocycles. The molecule has 0 radical (unpaired) electrons. The summed E-state index contributed by atoms with van der Waals surface area (Å²) in [5, 5.41) is 0. The quantitative estimate of drug-likeness (QED) is 0.762.